The highest BCUT2D eigenvalue weighted by atomic mass is 16.5. The number of esters is 1. The highest BCUT2D eigenvalue weighted by Crippen LogP contribution is 2.17. The van der Waals surface area contributed by atoms with Crippen molar-refractivity contribution in [3.05, 3.63) is 0 Å². The highest BCUT2D eigenvalue weighted by molar-refractivity contribution is 5.88. The SMILES string of the molecule is CCCCCOC(=O)CC(O)(CC(=O)O)C(=O)O.O. The van der Waals surface area contributed by atoms with Gasteiger partial charge in [-0.15, -0.1) is 0 Å². The number of ether oxygens (including phenoxy) is 1. The van der Waals surface area contributed by atoms with E-state index in [0.717, 1.165) is 12.8 Å². The Bertz CT molecular complexity index is 314. The van der Waals surface area contributed by atoms with Crippen molar-refractivity contribution in [3.63, 3.8) is 0 Å². The van der Waals surface area contributed by atoms with Crippen molar-refractivity contribution < 1.29 is 39.9 Å². The minimum Gasteiger partial charge on any atom is -0.481 e. The smallest absolute Gasteiger partial charge is 0.336 e. The van der Waals surface area contributed by atoms with E-state index in [1.165, 1.54) is 0 Å². The van der Waals surface area contributed by atoms with Crippen LogP contribution in [0.4, 0.5) is 0 Å². The molecule has 8 heteroatoms. The van der Waals surface area contributed by atoms with E-state index in [9.17, 15) is 19.5 Å². The number of carbonyl (C=O) groups excluding carboxylic acids is 1. The van der Waals surface area contributed by atoms with E-state index >= 15 is 0 Å². The Kier molecular flexibility index (Phi) is 9.61. The largest absolute Gasteiger partial charge is 0.481 e. The van der Waals surface area contributed by atoms with Gasteiger partial charge >= 0.3 is 17.9 Å². The van der Waals surface area contributed by atoms with Crippen LogP contribution in [0.2, 0.25) is 0 Å². The molecule has 0 amide bonds. The second kappa shape index (κ2) is 9.29. The van der Waals surface area contributed by atoms with Crippen molar-refractivity contribution in [3.8, 4) is 0 Å². The number of carboxylic acid groups (broad SMARTS) is 2. The van der Waals surface area contributed by atoms with Gasteiger partial charge in [0.25, 0.3) is 0 Å². The third kappa shape index (κ3) is 8.11. The van der Waals surface area contributed by atoms with Gasteiger partial charge in [0.05, 0.1) is 19.4 Å². The van der Waals surface area contributed by atoms with Crippen LogP contribution in [0.5, 0.6) is 0 Å². The van der Waals surface area contributed by atoms with E-state index in [-0.39, 0.29) is 12.1 Å². The Labute approximate surface area is 110 Å². The van der Waals surface area contributed by atoms with Crippen LogP contribution in [0.25, 0.3) is 0 Å². The standard InChI is InChI=1S/C11H18O7.H2O/c1-2-3-4-5-18-9(14)7-11(17,10(15)16)6-8(12)13;/h17H,2-7H2,1H3,(H,12,13)(H,15,16);1H2. The molecule has 0 aliphatic rings. The second-order valence-electron chi connectivity index (χ2n) is 4.01. The number of carbonyl (C=O) groups is 3. The predicted octanol–water partition coefficient (Wildman–Crippen LogP) is -0.424. The van der Waals surface area contributed by atoms with Crippen molar-refractivity contribution in [2.24, 2.45) is 0 Å². The molecular weight excluding hydrogens is 260 g/mol. The molecule has 0 saturated heterocycles. The second-order valence-corrected chi connectivity index (χ2v) is 4.01. The molecule has 0 saturated carbocycles. The molecule has 8 nitrogen and oxygen atoms in total. The van der Waals surface area contributed by atoms with Gasteiger partial charge in [-0.3, -0.25) is 9.59 Å². The summed E-state index contributed by atoms with van der Waals surface area (Å²) in [5.74, 6) is -4.17. The maximum atomic E-state index is 11.3. The van der Waals surface area contributed by atoms with Crippen molar-refractivity contribution in [1.82, 2.24) is 0 Å². The Hall–Kier alpha value is -1.67. The van der Waals surface area contributed by atoms with Gasteiger partial charge in [-0.05, 0) is 6.42 Å². The lowest BCUT2D eigenvalue weighted by atomic mass is 9.96. The molecule has 1 atom stereocenters. The maximum absolute atomic E-state index is 11.3. The van der Waals surface area contributed by atoms with Gasteiger partial charge in [0, 0.05) is 0 Å². The van der Waals surface area contributed by atoms with Crippen molar-refractivity contribution in [2.45, 2.75) is 44.6 Å². The highest BCUT2D eigenvalue weighted by Gasteiger charge is 2.41. The summed E-state index contributed by atoms with van der Waals surface area (Å²) >= 11 is 0. The Morgan fingerprint density at radius 2 is 1.68 bits per heavy atom. The molecule has 0 aromatic carbocycles. The monoisotopic (exact) mass is 280 g/mol. The molecule has 19 heavy (non-hydrogen) atoms. The van der Waals surface area contributed by atoms with E-state index < -0.39 is 36.4 Å². The van der Waals surface area contributed by atoms with Crippen LogP contribution in [-0.2, 0) is 19.1 Å². The van der Waals surface area contributed by atoms with E-state index in [2.05, 4.69) is 0 Å². The topological polar surface area (TPSA) is 153 Å². The number of aliphatic hydroxyl groups is 1. The average molecular weight is 280 g/mol. The van der Waals surface area contributed by atoms with E-state index in [1.807, 2.05) is 6.92 Å². The lowest BCUT2D eigenvalue weighted by Gasteiger charge is -2.20. The number of aliphatic carboxylic acids is 2. The van der Waals surface area contributed by atoms with Gasteiger partial charge in [-0.25, -0.2) is 4.79 Å². The number of carboxylic acids is 2. The summed E-state index contributed by atoms with van der Waals surface area (Å²) in [6, 6.07) is 0. The molecule has 0 bridgehead atoms. The number of unbranched alkanes of at least 4 members (excludes halogenated alkanes) is 2. The summed E-state index contributed by atoms with van der Waals surface area (Å²) in [6.45, 7) is 2.10. The van der Waals surface area contributed by atoms with Crippen LogP contribution in [0.15, 0.2) is 0 Å². The zero-order valence-corrected chi connectivity index (χ0v) is 10.7. The van der Waals surface area contributed by atoms with E-state index in [0.29, 0.717) is 6.42 Å². The van der Waals surface area contributed by atoms with Crippen molar-refractivity contribution in [2.75, 3.05) is 6.61 Å². The number of rotatable bonds is 9. The summed E-state index contributed by atoms with van der Waals surface area (Å²) in [4.78, 5) is 32.4. The lowest BCUT2D eigenvalue weighted by molar-refractivity contribution is -0.172. The molecule has 0 spiro atoms. The zero-order valence-electron chi connectivity index (χ0n) is 10.7. The Morgan fingerprint density at radius 1 is 1.11 bits per heavy atom. The molecule has 0 aromatic heterocycles. The first-order chi connectivity index (χ1) is 8.31. The van der Waals surface area contributed by atoms with Gasteiger partial charge in [0.2, 0.25) is 0 Å². The van der Waals surface area contributed by atoms with Crippen LogP contribution < -0.4 is 0 Å². The minimum absolute atomic E-state index is 0. The summed E-state index contributed by atoms with van der Waals surface area (Å²) in [5, 5.41) is 26.8. The summed E-state index contributed by atoms with van der Waals surface area (Å²) < 4.78 is 4.72. The van der Waals surface area contributed by atoms with Gasteiger partial charge < -0.3 is 25.5 Å². The molecule has 0 aliphatic heterocycles. The predicted molar refractivity (Wildman–Crippen MR) is 63.6 cm³/mol. The lowest BCUT2D eigenvalue weighted by Crippen LogP contribution is -2.43. The fourth-order valence-electron chi connectivity index (χ4n) is 1.29. The third-order valence-corrected chi connectivity index (χ3v) is 2.29. The molecule has 0 aromatic rings. The van der Waals surface area contributed by atoms with E-state index in [1.54, 1.807) is 0 Å². The van der Waals surface area contributed by atoms with Crippen LogP contribution in [0, 0.1) is 0 Å². The van der Waals surface area contributed by atoms with Gasteiger partial charge in [-0.2, -0.15) is 0 Å². The van der Waals surface area contributed by atoms with Gasteiger partial charge in [0.15, 0.2) is 5.60 Å². The Balaban J connectivity index is 0. The summed E-state index contributed by atoms with van der Waals surface area (Å²) in [5.41, 5.74) is -2.62. The minimum atomic E-state index is -2.62. The first-order valence-electron chi connectivity index (χ1n) is 5.65. The molecule has 5 N–H and O–H groups in total. The first-order valence-corrected chi connectivity index (χ1v) is 5.65. The fraction of sp³-hybridized carbons (Fsp3) is 0.727. The quantitative estimate of drug-likeness (QED) is 0.382. The van der Waals surface area contributed by atoms with E-state index in [4.69, 9.17) is 14.9 Å². The third-order valence-electron chi connectivity index (χ3n) is 2.29. The summed E-state index contributed by atoms with van der Waals surface area (Å²) in [7, 11) is 0. The zero-order chi connectivity index (χ0) is 14.2. The maximum Gasteiger partial charge on any atom is 0.336 e. The van der Waals surface area contributed by atoms with Crippen molar-refractivity contribution >= 4 is 17.9 Å². The normalized spacial score (nSPS) is 12.9. The molecule has 0 radical (unpaired) electrons. The van der Waals surface area contributed by atoms with Gasteiger partial charge in [0.1, 0.15) is 0 Å². The number of hydrogen-bond acceptors (Lipinski definition) is 5. The van der Waals surface area contributed by atoms with Crippen LogP contribution in [-0.4, -0.2) is 50.9 Å². The molecule has 112 valence electrons. The molecule has 1 unspecified atom stereocenters. The molecule has 0 rings (SSSR count). The Morgan fingerprint density at radius 3 is 2.11 bits per heavy atom. The number of hydrogen-bond donors (Lipinski definition) is 3. The average Bonchev–Trinajstić information content (AvgIpc) is 2.23. The molecule has 0 heterocycles. The van der Waals surface area contributed by atoms with Crippen LogP contribution >= 0.6 is 0 Å². The van der Waals surface area contributed by atoms with Crippen molar-refractivity contribution in [1.29, 1.82) is 0 Å². The van der Waals surface area contributed by atoms with Crippen LogP contribution in [0.3, 0.4) is 0 Å². The summed E-state index contributed by atoms with van der Waals surface area (Å²) in [6.07, 6.45) is 0.529. The van der Waals surface area contributed by atoms with Crippen LogP contribution in [0.1, 0.15) is 39.0 Å². The first kappa shape index (κ1) is 19.7. The molecule has 0 fully saturated rings. The molecular formula is C11H20O8. The fourth-order valence-corrected chi connectivity index (χ4v) is 1.29. The van der Waals surface area contributed by atoms with Gasteiger partial charge in [-0.1, -0.05) is 19.8 Å². The molecule has 0 aliphatic carbocycles.